The van der Waals surface area contributed by atoms with Crippen molar-refractivity contribution in [2.75, 3.05) is 33.4 Å². The Hall–Kier alpha value is -1.07. The molecule has 2 aliphatic rings. The van der Waals surface area contributed by atoms with Crippen molar-refractivity contribution in [3.05, 3.63) is 11.6 Å². The molecule has 0 amide bonds. The number of guanidine groups is 1. The van der Waals surface area contributed by atoms with Gasteiger partial charge in [-0.3, -0.25) is 4.99 Å². The zero-order valence-electron chi connectivity index (χ0n) is 15.9. The van der Waals surface area contributed by atoms with Crippen molar-refractivity contribution in [3.8, 4) is 0 Å². The highest BCUT2D eigenvalue weighted by molar-refractivity contribution is 5.80. The maximum absolute atomic E-state index is 6.02. The number of ether oxygens (including phenoxy) is 2. The molecule has 1 heterocycles. The molecule has 2 N–H and O–H groups in total. The van der Waals surface area contributed by atoms with E-state index in [4.69, 9.17) is 9.47 Å². The lowest BCUT2D eigenvalue weighted by Crippen LogP contribution is -2.63. The molecule has 0 aromatic heterocycles. The van der Waals surface area contributed by atoms with Crippen LogP contribution in [0.4, 0.5) is 0 Å². The van der Waals surface area contributed by atoms with E-state index in [0.717, 1.165) is 58.0 Å². The molecule has 1 aliphatic carbocycles. The first-order chi connectivity index (χ1) is 11.6. The number of nitrogens with zero attached hydrogens (tertiary/aromatic N) is 1. The molecule has 0 aromatic carbocycles. The van der Waals surface area contributed by atoms with Crippen molar-refractivity contribution in [2.24, 2.45) is 10.4 Å². The highest BCUT2D eigenvalue weighted by atomic mass is 16.5. The molecule has 0 spiro atoms. The van der Waals surface area contributed by atoms with Crippen molar-refractivity contribution in [1.82, 2.24) is 10.6 Å². The van der Waals surface area contributed by atoms with Crippen LogP contribution in [0.5, 0.6) is 0 Å². The van der Waals surface area contributed by atoms with Crippen molar-refractivity contribution in [2.45, 2.75) is 65.0 Å². The van der Waals surface area contributed by atoms with E-state index < -0.39 is 0 Å². The van der Waals surface area contributed by atoms with Crippen LogP contribution in [-0.2, 0) is 9.47 Å². The first-order valence-corrected chi connectivity index (χ1v) is 9.42. The third-order valence-electron chi connectivity index (χ3n) is 5.33. The molecular weight excluding hydrogens is 302 g/mol. The molecular formula is C19H35N3O2. The molecule has 5 nitrogen and oxygen atoms in total. The summed E-state index contributed by atoms with van der Waals surface area (Å²) in [5.41, 5.74) is 1.63. The van der Waals surface area contributed by atoms with Gasteiger partial charge in [0.1, 0.15) is 0 Å². The largest absolute Gasteiger partial charge is 0.378 e. The molecule has 2 unspecified atom stereocenters. The third-order valence-corrected chi connectivity index (χ3v) is 5.33. The van der Waals surface area contributed by atoms with Gasteiger partial charge in [-0.2, -0.15) is 0 Å². The van der Waals surface area contributed by atoms with E-state index in [1.807, 2.05) is 7.05 Å². The Bertz CT molecular complexity index is 446. The molecule has 1 saturated carbocycles. The van der Waals surface area contributed by atoms with Crippen LogP contribution >= 0.6 is 0 Å². The maximum atomic E-state index is 6.02. The average molecular weight is 338 g/mol. The molecule has 1 aliphatic heterocycles. The van der Waals surface area contributed by atoms with Crippen LogP contribution in [0.25, 0.3) is 0 Å². The maximum Gasteiger partial charge on any atom is 0.191 e. The van der Waals surface area contributed by atoms with E-state index in [1.54, 1.807) is 0 Å². The summed E-state index contributed by atoms with van der Waals surface area (Å²) < 4.78 is 11.4. The van der Waals surface area contributed by atoms with Gasteiger partial charge in [0.25, 0.3) is 0 Å². The fourth-order valence-corrected chi connectivity index (χ4v) is 3.28. The van der Waals surface area contributed by atoms with Gasteiger partial charge in [0.05, 0.1) is 19.3 Å². The molecule has 1 fully saturated rings. The minimum Gasteiger partial charge on any atom is -0.378 e. The van der Waals surface area contributed by atoms with Gasteiger partial charge in [-0.1, -0.05) is 38.8 Å². The summed E-state index contributed by atoms with van der Waals surface area (Å²) >= 11 is 0. The van der Waals surface area contributed by atoms with Crippen LogP contribution in [0.2, 0.25) is 0 Å². The number of rotatable bonds is 8. The second kappa shape index (κ2) is 9.42. The minimum atomic E-state index is 0.147. The number of nitrogens with one attached hydrogen (secondary N) is 2. The minimum absolute atomic E-state index is 0.147. The monoisotopic (exact) mass is 337 g/mol. The molecule has 0 saturated heterocycles. The fourth-order valence-electron chi connectivity index (χ4n) is 3.28. The van der Waals surface area contributed by atoms with Crippen LogP contribution in [-0.4, -0.2) is 51.5 Å². The van der Waals surface area contributed by atoms with Crippen LogP contribution in [0.15, 0.2) is 16.6 Å². The van der Waals surface area contributed by atoms with Crippen LogP contribution in [0, 0.1) is 5.41 Å². The number of unbranched alkanes of at least 4 members (excludes halogenated alkanes) is 1. The highest BCUT2D eigenvalue weighted by Gasteiger charge is 2.49. The van der Waals surface area contributed by atoms with E-state index >= 15 is 0 Å². The Balaban J connectivity index is 1.70. The quantitative estimate of drug-likeness (QED) is 0.309. The van der Waals surface area contributed by atoms with Crippen molar-refractivity contribution >= 4 is 5.96 Å². The predicted molar refractivity (Wildman–Crippen MR) is 99.5 cm³/mol. The van der Waals surface area contributed by atoms with Gasteiger partial charge in [-0.25, -0.2) is 0 Å². The number of hydrogen-bond acceptors (Lipinski definition) is 3. The Kier molecular flexibility index (Phi) is 7.56. The fraction of sp³-hybridized carbons (Fsp3) is 0.842. The average Bonchev–Trinajstić information content (AvgIpc) is 2.59. The standard InChI is InChI=1S/C19H35N3O2/c1-5-6-11-24-17-14-16(19(17,2)3)22-18(20-4)21-10-7-15-8-12-23-13-9-15/h8,16-17H,5-7,9-14H2,1-4H3,(H2,20,21,22). The second-order valence-electron chi connectivity index (χ2n) is 7.40. The van der Waals surface area contributed by atoms with Crippen molar-refractivity contribution in [3.63, 3.8) is 0 Å². The van der Waals surface area contributed by atoms with Gasteiger partial charge in [-0.15, -0.1) is 0 Å². The Labute approximate surface area is 147 Å². The van der Waals surface area contributed by atoms with Crippen LogP contribution < -0.4 is 10.6 Å². The molecule has 2 atom stereocenters. The first-order valence-electron chi connectivity index (χ1n) is 9.42. The van der Waals surface area contributed by atoms with Gasteiger partial charge >= 0.3 is 0 Å². The Morgan fingerprint density at radius 1 is 1.46 bits per heavy atom. The van der Waals surface area contributed by atoms with Crippen LogP contribution in [0.1, 0.15) is 52.9 Å². The number of aliphatic imine (C=N–C) groups is 1. The predicted octanol–water partition coefficient (Wildman–Crippen LogP) is 2.87. The molecule has 5 heteroatoms. The smallest absolute Gasteiger partial charge is 0.191 e. The SMILES string of the molecule is CCCCOC1CC(NC(=NC)NCCC2=CCOCC2)C1(C)C. The molecule has 24 heavy (non-hydrogen) atoms. The van der Waals surface area contributed by atoms with Crippen molar-refractivity contribution < 1.29 is 9.47 Å². The topological polar surface area (TPSA) is 54.9 Å². The summed E-state index contributed by atoms with van der Waals surface area (Å²) in [4.78, 5) is 4.37. The molecule has 0 aromatic rings. The third kappa shape index (κ3) is 5.21. The summed E-state index contributed by atoms with van der Waals surface area (Å²) in [5, 5.41) is 7.00. The lowest BCUT2D eigenvalue weighted by Gasteiger charge is -2.52. The van der Waals surface area contributed by atoms with E-state index in [2.05, 4.69) is 42.5 Å². The normalized spacial score (nSPS) is 26.5. The Morgan fingerprint density at radius 2 is 2.29 bits per heavy atom. The highest BCUT2D eigenvalue weighted by Crippen LogP contribution is 2.42. The number of hydrogen-bond donors (Lipinski definition) is 2. The van der Waals surface area contributed by atoms with Gasteiger partial charge in [0, 0.05) is 31.7 Å². The molecule has 2 rings (SSSR count). The Morgan fingerprint density at radius 3 is 2.92 bits per heavy atom. The molecule has 0 radical (unpaired) electrons. The lowest BCUT2D eigenvalue weighted by atomic mass is 9.64. The summed E-state index contributed by atoms with van der Waals surface area (Å²) in [7, 11) is 1.84. The first kappa shape index (κ1) is 19.3. The summed E-state index contributed by atoms with van der Waals surface area (Å²) in [6, 6.07) is 0.414. The molecule has 138 valence electrons. The lowest BCUT2D eigenvalue weighted by molar-refractivity contribution is -0.113. The zero-order chi connectivity index (χ0) is 17.4. The van der Waals surface area contributed by atoms with Crippen molar-refractivity contribution in [1.29, 1.82) is 0 Å². The zero-order valence-corrected chi connectivity index (χ0v) is 15.9. The summed E-state index contributed by atoms with van der Waals surface area (Å²) in [6.45, 7) is 10.2. The van der Waals surface area contributed by atoms with Crippen LogP contribution in [0.3, 0.4) is 0 Å². The van der Waals surface area contributed by atoms with E-state index in [-0.39, 0.29) is 5.41 Å². The second-order valence-corrected chi connectivity index (χ2v) is 7.40. The van der Waals surface area contributed by atoms with Gasteiger partial charge in [0.2, 0.25) is 0 Å². The van der Waals surface area contributed by atoms with Gasteiger partial charge < -0.3 is 20.1 Å². The van der Waals surface area contributed by atoms with E-state index in [9.17, 15) is 0 Å². The summed E-state index contributed by atoms with van der Waals surface area (Å²) in [6.07, 6.45) is 8.06. The van der Waals surface area contributed by atoms with Gasteiger partial charge in [0.15, 0.2) is 5.96 Å². The molecule has 0 bridgehead atoms. The summed E-state index contributed by atoms with van der Waals surface area (Å²) in [5.74, 6) is 0.896. The van der Waals surface area contributed by atoms with E-state index in [0.29, 0.717) is 12.1 Å². The van der Waals surface area contributed by atoms with E-state index in [1.165, 1.54) is 12.0 Å². The van der Waals surface area contributed by atoms with Gasteiger partial charge in [-0.05, 0) is 25.7 Å².